The molecule has 3 heterocycles. The van der Waals surface area contributed by atoms with Gasteiger partial charge in [0.15, 0.2) is 0 Å². The van der Waals surface area contributed by atoms with Crippen LogP contribution < -0.4 is 11.2 Å². The van der Waals surface area contributed by atoms with Gasteiger partial charge in [-0.3, -0.25) is 9.78 Å². The molecule has 0 spiro atoms. The molecule has 0 bridgehead atoms. The second-order valence-electron chi connectivity index (χ2n) is 4.94. The van der Waals surface area contributed by atoms with E-state index >= 15 is 0 Å². The highest BCUT2D eigenvalue weighted by Gasteiger charge is 2.16. The highest BCUT2D eigenvalue weighted by molar-refractivity contribution is 5.79. The van der Waals surface area contributed by atoms with Crippen LogP contribution in [0.4, 0.5) is 0 Å². The average Bonchev–Trinajstić information content (AvgIpc) is 3.10. The Hall–Kier alpha value is -3.41. The quantitative estimate of drug-likeness (QED) is 0.569. The van der Waals surface area contributed by atoms with Crippen molar-refractivity contribution in [3.63, 3.8) is 0 Å². The smallest absolute Gasteiger partial charge is 0.343 e. The number of nitrogens with zero attached hydrogens (tertiary/aromatic N) is 3. The van der Waals surface area contributed by atoms with E-state index in [-0.39, 0.29) is 5.56 Å². The lowest BCUT2D eigenvalue weighted by atomic mass is 10.2. The first kappa shape index (κ1) is 13.3. The van der Waals surface area contributed by atoms with Crippen LogP contribution in [0, 0.1) is 0 Å². The van der Waals surface area contributed by atoms with E-state index in [4.69, 9.17) is 4.42 Å². The molecule has 112 valence electrons. The highest BCUT2D eigenvalue weighted by Crippen LogP contribution is 2.15. The summed E-state index contributed by atoms with van der Waals surface area (Å²) in [6, 6.07) is 13.6. The van der Waals surface area contributed by atoms with Gasteiger partial charge in [0, 0.05) is 12.3 Å². The largest absolute Gasteiger partial charge is 0.448 e. The lowest BCUT2D eigenvalue weighted by molar-refractivity contribution is 0.533. The number of benzene rings is 1. The molecule has 0 N–H and O–H groups in total. The maximum atomic E-state index is 12.9. The molecule has 0 fully saturated rings. The normalized spacial score (nSPS) is 11.0. The Labute approximate surface area is 129 Å². The van der Waals surface area contributed by atoms with E-state index in [1.165, 1.54) is 17.0 Å². The van der Waals surface area contributed by atoms with Crippen molar-refractivity contribution >= 4 is 10.9 Å². The molecular weight excluding hydrogens is 294 g/mol. The number of fused-ring (bicyclic) bond motifs is 1. The fourth-order valence-corrected chi connectivity index (χ4v) is 2.58. The third-order valence-electron chi connectivity index (χ3n) is 3.59. The Morgan fingerprint density at radius 1 is 0.913 bits per heavy atom. The van der Waals surface area contributed by atoms with Crippen molar-refractivity contribution in [1.29, 1.82) is 0 Å². The SMILES string of the molecule is O=c1c2ccccc2n(-c2ccco2)c(=O)n1-c1cccnc1. The molecule has 23 heavy (non-hydrogen) atoms. The first-order valence-corrected chi connectivity index (χ1v) is 6.98. The van der Waals surface area contributed by atoms with Crippen LogP contribution in [0.5, 0.6) is 0 Å². The minimum Gasteiger partial charge on any atom is -0.448 e. The lowest BCUT2D eigenvalue weighted by Crippen LogP contribution is -2.38. The van der Waals surface area contributed by atoms with Crippen LogP contribution in [0.3, 0.4) is 0 Å². The van der Waals surface area contributed by atoms with E-state index in [0.717, 1.165) is 4.57 Å². The van der Waals surface area contributed by atoms with Crippen LogP contribution in [-0.4, -0.2) is 14.1 Å². The minimum atomic E-state index is -0.503. The van der Waals surface area contributed by atoms with Crippen LogP contribution in [-0.2, 0) is 0 Å². The molecule has 0 amide bonds. The van der Waals surface area contributed by atoms with Gasteiger partial charge < -0.3 is 4.42 Å². The Bertz CT molecular complexity index is 1090. The van der Waals surface area contributed by atoms with Crippen molar-refractivity contribution in [2.75, 3.05) is 0 Å². The summed E-state index contributed by atoms with van der Waals surface area (Å²) < 4.78 is 7.84. The second kappa shape index (κ2) is 5.10. The molecule has 3 aromatic heterocycles. The van der Waals surface area contributed by atoms with E-state index in [9.17, 15) is 9.59 Å². The summed E-state index contributed by atoms with van der Waals surface area (Å²) in [7, 11) is 0. The summed E-state index contributed by atoms with van der Waals surface area (Å²) in [6.45, 7) is 0. The molecule has 0 radical (unpaired) electrons. The maximum Gasteiger partial charge on any atom is 0.343 e. The molecule has 6 nitrogen and oxygen atoms in total. The number of furan rings is 1. The van der Waals surface area contributed by atoms with Gasteiger partial charge in [0.05, 0.1) is 29.1 Å². The number of hydrogen-bond donors (Lipinski definition) is 0. The standard InChI is InChI=1S/C17H11N3O3/c21-16-13-6-1-2-7-14(13)20(15-8-4-10-23-15)17(22)19(16)12-5-3-9-18-11-12/h1-11H. The summed E-state index contributed by atoms with van der Waals surface area (Å²) in [4.78, 5) is 29.7. The molecule has 4 rings (SSSR count). The molecule has 0 atom stereocenters. The average molecular weight is 305 g/mol. The van der Waals surface area contributed by atoms with Crippen molar-refractivity contribution in [2.24, 2.45) is 0 Å². The lowest BCUT2D eigenvalue weighted by Gasteiger charge is -2.11. The zero-order chi connectivity index (χ0) is 15.8. The van der Waals surface area contributed by atoms with Gasteiger partial charge in [-0.2, -0.15) is 0 Å². The zero-order valence-electron chi connectivity index (χ0n) is 11.9. The predicted octanol–water partition coefficient (Wildman–Crippen LogP) is 2.13. The predicted molar refractivity (Wildman–Crippen MR) is 85.2 cm³/mol. The Morgan fingerprint density at radius 2 is 1.78 bits per heavy atom. The number of pyridine rings is 1. The van der Waals surface area contributed by atoms with Crippen LogP contribution in [0.1, 0.15) is 0 Å². The van der Waals surface area contributed by atoms with Crippen LogP contribution in [0.2, 0.25) is 0 Å². The topological polar surface area (TPSA) is 70.0 Å². The minimum absolute atomic E-state index is 0.351. The number of aromatic nitrogens is 3. The van der Waals surface area contributed by atoms with E-state index in [2.05, 4.69) is 4.98 Å². The van der Waals surface area contributed by atoms with E-state index in [1.807, 2.05) is 0 Å². The molecule has 6 heteroatoms. The van der Waals surface area contributed by atoms with E-state index in [0.29, 0.717) is 22.5 Å². The van der Waals surface area contributed by atoms with Gasteiger partial charge in [-0.25, -0.2) is 13.9 Å². The summed E-state index contributed by atoms with van der Waals surface area (Å²) >= 11 is 0. The van der Waals surface area contributed by atoms with Crippen molar-refractivity contribution < 1.29 is 4.42 Å². The van der Waals surface area contributed by atoms with Crippen LogP contribution in [0.25, 0.3) is 22.5 Å². The van der Waals surface area contributed by atoms with E-state index < -0.39 is 5.69 Å². The van der Waals surface area contributed by atoms with Crippen molar-refractivity contribution in [1.82, 2.24) is 14.1 Å². The van der Waals surface area contributed by atoms with Gasteiger partial charge in [0.2, 0.25) is 5.88 Å². The van der Waals surface area contributed by atoms with Gasteiger partial charge in [-0.1, -0.05) is 12.1 Å². The molecule has 0 saturated carbocycles. The summed E-state index contributed by atoms with van der Waals surface area (Å²) in [5, 5.41) is 0.423. The van der Waals surface area contributed by atoms with Crippen molar-refractivity contribution in [3.05, 3.63) is 88.0 Å². The fourth-order valence-electron chi connectivity index (χ4n) is 2.58. The molecule has 0 aliphatic carbocycles. The van der Waals surface area contributed by atoms with Gasteiger partial charge in [0.25, 0.3) is 5.56 Å². The molecule has 0 saturated heterocycles. The number of hydrogen-bond acceptors (Lipinski definition) is 4. The van der Waals surface area contributed by atoms with Gasteiger partial charge >= 0.3 is 5.69 Å². The molecule has 4 aromatic rings. The molecular formula is C17H11N3O3. The van der Waals surface area contributed by atoms with Crippen LogP contribution in [0.15, 0.2) is 81.2 Å². The Kier molecular flexibility index (Phi) is 2.94. The molecule has 0 aliphatic heterocycles. The summed E-state index contributed by atoms with van der Waals surface area (Å²) in [5.41, 5.74) is 0.0178. The fraction of sp³-hybridized carbons (Fsp3) is 0. The van der Waals surface area contributed by atoms with Gasteiger partial charge in [0.1, 0.15) is 0 Å². The third-order valence-corrected chi connectivity index (χ3v) is 3.59. The van der Waals surface area contributed by atoms with Gasteiger partial charge in [-0.15, -0.1) is 0 Å². The first-order chi connectivity index (χ1) is 11.3. The van der Waals surface area contributed by atoms with Crippen molar-refractivity contribution in [2.45, 2.75) is 0 Å². The van der Waals surface area contributed by atoms with Gasteiger partial charge in [-0.05, 0) is 30.3 Å². The van der Waals surface area contributed by atoms with Crippen LogP contribution >= 0.6 is 0 Å². The molecule has 0 unspecified atom stereocenters. The van der Waals surface area contributed by atoms with Crippen molar-refractivity contribution in [3.8, 4) is 11.6 Å². The first-order valence-electron chi connectivity index (χ1n) is 6.98. The Morgan fingerprint density at radius 3 is 2.52 bits per heavy atom. The summed E-state index contributed by atoms with van der Waals surface area (Å²) in [6.07, 6.45) is 4.54. The molecule has 1 aromatic carbocycles. The molecule has 0 aliphatic rings. The highest BCUT2D eigenvalue weighted by atomic mass is 16.3. The zero-order valence-corrected chi connectivity index (χ0v) is 11.9. The number of rotatable bonds is 2. The Balaban J connectivity index is 2.22. The number of para-hydroxylation sites is 1. The monoisotopic (exact) mass is 305 g/mol. The summed E-state index contributed by atoms with van der Waals surface area (Å²) in [5.74, 6) is 0.351. The third kappa shape index (κ3) is 2.00. The van der Waals surface area contributed by atoms with E-state index in [1.54, 1.807) is 54.7 Å². The second-order valence-corrected chi connectivity index (χ2v) is 4.94. The maximum absolute atomic E-state index is 12.9.